The Kier molecular flexibility index (Phi) is 5.14. The number of benzene rings is 1. The minimum absolute atomic E-state index is 0.254. The first-order valence-corrected chi connectivity index (χ1v) is 7.52. The number of hydrogen-bond acceptors (Lipinski definition) is 2. The lowest BCUT2D eigenvalue weighted by Gasteiger charge is -2.30. The molecule has 0 aromatic heterocycles. The second-order valence-electron chi connectivity index (χ2n) is 6.18. The van der Waals surface area contributed by atoms with Gasteiger partial charge in [0.2, 0.25) is 0 Å². The highest BCUT2D eigenvalue weighted by molar-refractivity contribution is 5.32. The van der Waals surface area contributed by atoms with Crippen molar-refractivity contribution in [3.05, 3.63) is 35.1 Å². The van der Waals surface area contributed by atoms with Crippen LogP contribution in [0.15, 0.2) is 18.2 Å². The Morgan fingerprint density at radius 1 is 1.35 bits per heavy atom. The lowest BCUT2D eigenvalue weighted by atomic mass is 10.1. The molecule has 1 aromatic rings. The van der Waals surface area contributed by atoms with Crippen LogP contribution in [0.25, 0.3) is 0 Å². The summed E-state index contributed by atoms with van der Waals surface area (Å²) in [6.07, 6.45) is 5.03. The van der Waals surface area contributed by atoms with E-state index in [0.717, 1.165) is 6.54 Å². The highest BCUT2D eigenvalue weighted by Crippen LogP contribution is 2.26. The summed E-state index contributed by atoms with van der Waals surface area (Å²) in [6, 6.07) is 7.39. The molecule has 0 radical (unpaired) electrons. The fraction of sp³-hybridized carbons (Fsp3) is 0.588. The summed E-state index contributed by atoms with van der Waals surface area (Å²) in [7, 11) is 0. The standard InChI is InChI=1S/C17H23FN2/c1-13(2)11-20(16-5-3-4-6-16)12-15-8-7-14(10-19)9-17(15)18/h7-9,13,16H,3-6,11-12H2,1-2H3. The first kappa shape index (κ1) is 15.0. The second-order valence-corrected chi connectivity index (χ2v) is 6.18. The maximum atomic E-state index is 14.0. The van der Waals surface area contributed by atoms with E-state index < -0.39 is 0 Å². The summed E-state index contributed by atoms with van der Waals surface area (Å²) in [5.74, 6) is 0.327. The van der Waals surface area contributed by atoms with Crippen LogP contribution in [0.1, 0.15) is 50.7 Å². The summed E-state index contributed by atoms with van der Waals surface area (Å²) in [5.41, 5.74) is 1.10. The molecule has 0 saturated heterocycles. The molecule has 1 saturated carbocycles. The van der Waals surface area contributed by atoms with Gasteiger partial charge in [0.05, 0.1) is 11.6 Å². The summed E-state index contributed by atoms with van der Waals surface area (Å²) < 4.78 is 14.0. The average Bonchev–Trinajstić information content (AvgIpc) is 2.93. The fourth-order valence-corrected chi connectivity index (χ4v) is 3.05. The van der Waals surface area contributed by atoms with E-state index >= 15 is 0 Å². The molecule has 3 heteroatoms. The topological polar surface area (TPSA) is 27.0 Å². The summed E-state index contributed by atoms with van der Waals surface area (Å²) >= 11 is 0. The maximum Gasteiger partial charge on any atom is 0.129 e. The smallest absolute Gasteiger partial charge is 0.129 e. The third-order valence-electron chi connectivity index (χ3n) is 4.00. The molecule has 0 spiro atoms. The molecule has 2 rings (SSSR count). The van der Waals surface area contributed by atoms with Gasteiger partial charge in [0.15, 0.2) is 0 Å². The Morgan fingerprint density at radius 3 is 2.60 bits per heavy atom. The average molecular weight is 274 g/mol. The summed E-state index contributed by atoms with van der Waals surface area (Å²) in [4.78, 5) is 2.42. The Labute approximate surface area is 121 Å². The molecular weight excluding hydrogens is 251 g/mol. The first-order chi connectivity index (χ1) is 9.60. The van der Waals surface area contributed by atoms with Gasteiger partial charge in [0, 0.05) is 24.7 Å². The van der Waals surface area contributed by atoms with Gasteiger partial charge in [-0.3, -0.25) is 4.90 Å². The highest BCUT2D eigenvalue weighted by Gasteiger charge is 2.24. The third kappa shape index (κ3) is 3.80. The molecule has 108 valence electrons. The third-order valence-corrected chi connectivity index (χ3v) is 4.00. The van der Waals surface area contributed by atoms with Crippen molar-refractivity contribution < 1.29 is 4.39 Å². The van der Waals surface area contributed by atoms with Gasteiger partial charge < -0.3 is 0 Å². The molecule has 2 nitrogen and oxygen atoms in total. The highest BCUT2D eigenvalue weighted by atomic mass is 19.1. The molecule has 1 aliphatic rings. The van der Waals surface area contributed by atoms with Crippen LogP contribution in [-0.4, -0.2) is 17.5 Å². The maximum absolute atomic E-state index is 14.0. The van der Waals surface area contributed by atoms with Crippen LogP contribution in [0.5, 0.6) is 0 Å². The van der Waals surface area contributed by atoms with Crippen LogP contribution in [-0.2, 0) is 6.54 Å². The van der Waals surface area contributed by atoms with E-state index in [1.54, 1.807) is 12.1 Å². The fourth-order valence-electron chi connectivity index (χ4n) is 3.05. The van der Waals surface area contributed by atoms with Crippen LogP contribution < -0.4 is 0 Å². The van der Waals surface area contributed by atoms with Gasteiger partial charge in [-0.25, -0.2) is 4.39 Å². The van der Waals surface area contributed by atoms with Crippen molar-refractivity contribution in [3.8, 4) is 6.07 Å². The lowest BCUT2D eigenvalue weighted by molar-refractivity contribution is 0.166. The van der Waals surface area contributed by atoms with Gasteiger partial charge in [-0.05, 0) is 30.9 Å². The van der Waals surface area contributed by atoms with Crippen molar-refractivity contribution in [1.82, 2.24) is 4.90 Å². The van der Waals surface area contributed by atoms with Crippen LogP contribution in [0.4, 0.5) is 4.39 Å². The first-order valence-electron chi connectivity index (χ1n) is 7.52. The molecule has 1 fully saturated rings. The molecule has 1 aromatic carbocycles. The van der Waals surface area contributed by atoms with E-state index in [2.05, 4.69) is 18.7 Å². The quantitative estimate of drug-likeness (QED) is 0.808. The van der Waals surface area contributed by atoms with Crippen LogP contribution in [0.3, 0.4) is 0 Å². The van der Waals surface area contributed by atoms with Crippen molar-refractivity contribution >= 4 is 0 Å². The molecule has 0 unspecified atom stereocenters. The van der Waals surface area contributed by atoms with E-state index in [0.29, 0.717) is 29.6 Å². The molecule has 0 heterocycles. The minimum atomic E-state index is -0.254. The minimum Gasteiger partial charge on any atom is -0.296 e. The lowest BCUT2D eigenvalue weighted by Crippen LogP contribution is -2.36. The normalized spacial score (nSPS) is 16.0. The zero-order chi connectivity index (χ0) is 14.5. The SMILES string of the molecule is CC(C)CN(Cc1ccc(C#N)cc1F)C1CCCC1. The van der Waals surface area contributed by atoms with Gasteiger partial charge in [0.25, 0.3) is 0 Å². The zero-order valence-electron chi connectivity index (χ0n) is 12.4. The second kappa shape index (κ2) is 6.85. The Balaban J connectivity index is 2.12. The number of nitriles is 1. The largest absolute Gasteiger partial charge is 0.296 e. The monoisotopic (exact) mass is 274 g/mol. The van der Waals surface area contributed by atoms with Crippen molar-refractivity contribution in [2.75, 3.05) is 6.54 Å². The van der Waals surface area contributed by atoms with Crippen molar-refractivity contribution in [1.29, 1.82) is 5.26 Å². The van der Waals surface area contributed by atoms with Crippen molar-refractivity contribution in [3.63, 3.8) is 0 Å². The summed E-state index contributed by atoms with van der Waals surface area (Å²) in [5, 5.41) is 8.80. The predicted molar refractivity (Wildman–Crippen MR) is 78.6 cm³/mol. The van der Waals surface area contributed by atoms with Crippen LogP contribution >= 0.6 is 0 Å². The molecular formula is C17H23FN2. The molecule has 0 aliphatic heterocycles. The summed E-state index contributed by atoms with van der Waals surface area (Å²) in [6.45, 7) is 6.07. The van der Waals surface area contributed by atoms with Gasteiger partial charge in [0.1, 0.15) is 5.82 Å². The van der Waals surface area contributed by atoms with Gasteiger partial charge >= 0.3 is 0 Å². The van der Waals surface area contributed by atoms with Crippen LogP contribution in [0.2, 0.25) is 0 Å². The number of halogens is 1. The van der Waals surface area contributed by atoms with Crippen LogP contribution in [0, 0.1) is 23.1 Å². The zero-order valence-corrected chi connectivity index (χ0v) is 12.4. The number of hydrogen-bond donors (Lipinski definition) is 0. The molecule has 20 heavy (non-hydrogen) atoms. The molecule has 0 N–H and O–H groups in total. The molecule has 0 atom stereocenters. The Bertz CT molecular complexity index is 484. The predicted octanol–water partition coefficient (Wildman–Crippen LogP) is 4.10. The van der Waals surface area contributed by atoms with Gasteiger partial charge in [-0.1, -0.05) is 32.8 Å². The Morgan fingerprint density at radius 2 is 2.05 bits per heavy atom. The molecule has 0 amide bonds. The molecule has 1 aliphatic carbocycles. The van der Waals surface area contributed by atoms with Gasteiger partial charge in [-0.15, -0.1) is 0 Å². The molecule has 0 bridgehead atoms. The van der Waals surface area contributed by atoms with E-state index in [1.165, 1.54) is 31.7 Å². The van der Waals surface area contributed by atoms with E-state index in [4.69, 9.17) is 5.26 Å². The van der Waals surface area contributed by atoms with Crippen molar-refractivity contribution in [2.24, 2.45) is 5.92 Å². The van der Waals surface area contributed by atoms with Crippen molar-refractivity contribution in [2.45, 2.75) is 52.1 Å². The van der Waals surface area contributed by atoms with E-state index in [-0.39, 0.29) is 5.82 Å². The number of rotatable bonds is 5. The Hall–Kier alpha value is -1.40. The van der Waals surface area contributed by atoms with Gasteiger partial charge in [-0.2, -0.15) is 5.26 Å². The number of nitrogens with zero attached hydrogens (tertiary/aromatic N) is 2. The van der Waals surface area contributed by atoms with E-state index in [1.807, 2.05) is 6.07 Å². The van der Waals surface area contributed by atoms with E-state index in [9.17, 15) is 4.39 Å².